The Bertz CT molecular complexity index is 254. The van der Waals surface area contributed by atoms with Gasteiger partial charge in [-0.25, -0.2) is 4.79 Å². The van der Waals surface area contributed by atoms with Crippen LogP contribution in [0.5, 0.6) is 0 Å². The number of rotatable bonds is 3. The molecule has 92 valence electrons. The molecule has 1 aliphatic rings. The van der Waals surface area contributed by atoms with E-state index in [-0.39, 0.29) is 17.9 Å². The highest BCUT2D eigenvalue weighted by atomic mass is 16.5. The Kier molecular flexibility index (Phi) is 5.08. The smallest absolute Gasteiger partial charge is 0.407 e. The summed E-state index contributed by atoms with van der Waals surface area (Å²) in [4.78, 5) is 22.6. The van der Waals surface area contributed by atoms with Gasteiger partial charge in [-0.3, -0.25) is 4.79 Å². The van der Waals surface area contributed by atoms with Crippen LogP contribution >= 0.6 is 0 Å². The van der Waals surface area contributed by atoms with E-state index in [1.807, 2.05) is 0 Å². The summed E-state index contributed by atoms with van der Waals surface area (Å²) in [6.45, 7) is 2.20. The van der Waals surface area contributed by atoms with E-state index >= 15 is 0 Å². The standard InChI is InChI=1S/C11H19NO4/c1-3-16-10(13)8-5-4-6-9(7-8)12-11(14)15-2/h8-9H,3-7H2,1-2H3,(H,12,14). The lowest BCUT2D eigenvalue weighted by Crippen LogP contribution is -2.40. The topological polar surface area (TPSA) is 64.6 Å². The molecule has 16 heavy (non-hydrogen) atoms. The van der Waals surface area contributed by atoms with Crippen molar-refractivity contribution in [3.63, 3.8) is 0 Å². The first kappa shape index (κ1) is 12.8. The highest BCUT2D eigenvalue weighted by Crippen LogP contribution is 2.25. The highest BCUT2D eigenvalue weighted by Gasteiger charge is 2.29. The van der Waals surface area contributed by atoms with Gasteiger partial charge >= 0.3 is 12.1 Å². The molecule has 5 heteroatoms. The lowest BCUT2D eigenvalue weighted by Gasteiger charge is -2.27. The zero-order valence-electron chi connectivity index (χ0n) is 9.82. The summed E-state index contributed by atoms with van der Waals surface area (Å²) >= 11 is 0. The number of hydrogen-bond acceptors (Lipinski definition) is 4. The fourth-order valence-corrected chi connectivity index (χ4v) is 2.02. The lowest BCUT2D eigenvalue weighted by atomic mass is 9.86. The van der Waals surface area contributed by atoms with Gasteiger partial charge < -0.3 is 14.8 Å². The van der Waals surface area contributed by atoms with Crippen LogP contribution in [0.25, 0.3) is 0 Å². The zero-order chi connectivity index (χ0) is 12.0. The number of amides is 1. The molecule has 1 aliphatic carbocycles. The van der Waals surface area contributed by atoms with Crippen molar-refractivity contribution in [1.29, 1.82) is 0 Å². The molecule has 0 heterocycles. The summed E-state index contributed by atoms with van der Waals surface area (Å²) in [6, 6.07) is 0.0237. The monoisotopic (exact) mass is 229 g/mol. The molecule has 5 nitrogen and oxygen atoms in total. The van der Waals surface area contributed by atoms with Crippen LogP contribution in [-0.2, 0) is 14.3 Å². The molecule has 0 aromatic carbocycles. The van der Waals surface area contributed by atoms with Crippen LogP contribution in [0.3, 0.4) is 0 Å². The maximum atomic E-state index is 11.5. The predicted molar refractivity (Wildman–Crippen MR) is 57.9 cm³/mol. The molecule has 1 fully saturated rings. The van der Waals surface area contributed by atoms with Crippen molar-refractivity contribution in [1.82, 2.24) is 5.32 Å². The van der Waals surface area contributed by atoms with Gasteiger partial charge in [-0.2, -0.15) is 0 Å². The van der Waals surface area contributed by atoms with Crippen molar-refractivity contribution >= 4 is 12.1 Å². The molecule has 0 spiro atoms. The van der Waals surface area contributed by atoms with Gasteiger partial charge in [0.05, 0.1) is 19.6 Å². The summed E-state index contributed by atoms with van der Waals surface area (Å²) in [5.41, 5.74) is 0. The molecular formula is C11H19NO4. The Labute approximate surface area is 95.5 Å². The van der Waals surface area contributed by atoms with Crippen LogP contribution in [-0.4, -0.2) is 31.8 Å². The normalized spacial score (nSPS) is 24.6. The van der Waals surface area contributed by atoms with Gasteiger partial charge in [-0.15, -0.1) is 0 Å². The number of nitrogens with one attached hydrogen (secondary N) is 1. The molecule has 0 aromatic heterocycles. The van der Waals surface area contributed by atoms with Gasteiger partial charge in [-0.1, -0.05) is 6.42 Å². The summed E-state index contributed by atoms with van der Waals surface area (Å²) in [7, 11) is 1.33. The van der Waals surface area contributed by atoms with E-state index < -0.39 is 6.09 Å². The molecule has 2 unspecified atom stereocenters. The van der Waals surface area contributed by atoms with Crippen LogP contribution in [0.2, 0.25) is 0 Å². The molecule has 0 radical (unpaired) electrons. The number of esters is 1. The largest absolute Gasteiger partial charge is 0.466 e. The van der Waals surface area contributed by atoms with Crippen molar-refractivity contribution < 1.29 is 19.1 Å². The van der Waals surface area contributed by atoms with Crippen molar-refractivity contribution in [2.24, 2.45) is 5.92 Å². The lowest BCUT2D eigenvalue weighted by molar-refractivity contribution is -0.149. The maximum Gasteiger partial charge on any atom is 0.407 e. The van der Waals surface area contributed by atoms with Gasteiger partial charge in [0.2, 0.25) is 0 Å². The van der Waals surface area contributed by atoms with E-state index in [9.17, 15) is 9.59 Å². The molecule has 1 rings (SSSR count). The first-order valence-electron chi connectivity index (χ1n) is 5.68. The average molecular weight is 229 g/mol. The second kappa shape index (κ2) is 6.35. The molecule has 0 aliphatic heterocycles. The van der Waals surface area contributed by atoms with E-state index in [0.717, 1.165) is 19.3 Å². The van der Waals surface area contributed by atoms with Crippen molar-refractivity contribution in [2.75, 3.05) is 13.7 Å². The van der Waals surface area contributed by atoms with Gasteiger partial charge in [0.25, 0.3) is 0 Å². The number of carbonyl (C=O) groups excluding carboxylic acids is 2. The predicted octanol–water partition coefficient (Wildman–Crippen LogP) is 1.46. The number of alkyl carbamates (subject to hydrolysis) is 1. The summed E-state index contributed by atoms with van der Waals surface area (Å²) in [5, 5.41) is 2.73. The Morgan fingerprint density at radius 3 is 2.75 bits per heavy atom. The fraction of sp³-hybridized carbons (Fsp3) is 0.818. The second-order valence-electron chi connectivity index (χ2n) is 3.95. The van der Waals surface area contributed by atoms with E-state index in [1.54, 1.807) is 6.92 Å². The van der Waals surface area contributed by atoms with Gasteiger partial charge in [0.15, 0.2) is 0 Å². The molecule has 1 saturated carbocycles. The highest BCUT2D eigenvalue weighted by molar-refractivity contribution is 5.73. The van der Waals surface area contributed by atoms with Gasteiger partial charge in [-0.05, 0) is 26.2 Å². The minimum atomic E-state index is -0.436. The Hall–Kier alpha value is -1.26. The van der Waals surface area contributed by atoms with Crippen LogP contribution in [0, 0.1) is 5.92 Å². The number of hydrogen-bond donors (Lipinski definition) is 1. The maximum absolute atomic E-state index is 11.5. The fourth-order valence-electron chi connectivity index (χ4n) is 2.02. The van der Waals surface area contributed by atoms with Crippen molar-refractivity contribution in [3.8, 4) is 0 Å². The van der Waals surface area contributed by atoms with Gasteiger partial charge in [0.1, 0.15) is 0 Å². The molecule has 0 bridgehead atoms. The molecule has 0 aromatic rings. The molecular weight excluding hydrogens is 210 g/mol. The Morgan fingerprint density at radius 2 is 2.12 bits per heavy atom. The molecule has 0 saturated heterocycles. The van der Waals surface area contributed by atoms with Crippen molar-refractivity contribution in [2.45, 2.75) is 38.6 Å². The third-order valence-electron chi connectivity index (χ3n) is 2.80. The van der Waals surface area contributed by atoms with E-state index in [0.29, 0.717) is 13.0 Å². The third-order valence-corrected chi connectivity index (χ3v) is 2.80. The first-order valence-corrected chi connectivity index (χ1v) is 5.68. The van der Waals surface area contributed by atoms with Crippen LogP contribution in [0.1, 0.15) is 32.6 Å². The number of methoxy groups -OCH3 is 1. The van der Waals surface area contributed by atoms with E-state index in [4.69, 9.17) is 4.74 Å². The SMILES string of the molecule is CCOC(=O)C1CCCC(NC(=O)OC)C1. The summed E-state index contributed by atoms with van der Waals surface area (Å²) in [6.07, 6.45) is 2.88. The molecule has 1 N–H and O–H groups in total. The first-order chi connectivity index (χ1) is 7.67. The van der Waals surface area contributed by atoms with E-state index in [2.05, 4.69) is 10.1 Å². The number of carbonyl (C=O) groups is 2. The summed E-state index contributed by atoms with van der Waals surface area (Å²) in [5.74, 6) is -0.241. The average Bonchev–Trinajstić information content (AvgIpc) is 2.29. The minimum Gasteiger partial charge on any atom is -0.466 e. The number of ether oxygens (including phenoxy) is 2. The Morgan fingerprint density at radius 1 is 1.38 bits per heavy atom. The van der Waals surface area contributed by atoms with Gasteiger partial charge in [0, 0.05) is 6.04 Å². The minimum absolute atomic E-state index is 0.0237. The molecule has 2 atom stereocenters. The summed E-state index contributed by atoms with van der Waals surface area (Å²) < 4.78 is 9.51. The third kappa shape index (κ3) is 3.72. The second-order valence-corrected chi connectivity index (χ2v) is 3.95. The van der Waals surface area contributed by atoms with Crippen LogP contribution in [0.4, 0.5) is 4.79 Å². The van der Waals surface area contributed by atoms with Crippen LogP contribution < -0.4 is 5.32 Å². The van der Waals surface area contributed by atoms with Crippen LogP contribution in [0.15, 0.2) is 0 Å². The van der Waals surface area contributed by atoms with Crippen molar-refractivity contribution in [3.05, 3.63) is 0 Å². The quantitative estimate of drug-likeness (QED) is 0.744. The zero-order valence-corrected chi connectivity index (χ0v) is 9.82. The Balaban J connectivity index is 2.40. The molecule has 1 amide bonds. The van der Waals surface area contributed by atoms with E-state index in [1.165, 1.54) is 7.11 Å².